The fourth-order valence-electron chi connectivity index (χ4n) is 3.11. The Kier molecular flexibility index (Phi) is 42.0. The van der Waals surface area contributed by atoms with Crippen molar-refractivity contribution in [2.45, 2.75) is 58.7 Å². The average molecular weight is 697 g/mol. The van der Waals surface area contributed by atoms with E-state index in [-0.39, 0.29) is 18.1 Å². The Balaban J connectivity index is -0.000000326. The molecule has 0 aromatic heterocycles. The van der Waals surface area contributed by atoms with E-state index in [4.69, 9.17) is 9.47 Å². The fraction of sp³-hybridized carbons (Fsp3) is 0.586. The van der Waals surface area contributed by atoms with Crippen LogP contribution in [0.15, 0.2) is 42.3 Å². The third-order valence-corrected chi connectivity index (χ3v) is 5.82. The Bertz CT molecular complexity index is 786. The Morgan fingerprint density at radius 1 is 0.761 bits per heavy atom. The van der Waals surface area contributed by atoms with E-state index < -0.39 is 0 Å². The Morgan fingerprint density at radius 2 is 1.20 bits per heavy atom. The Hall–Kier alpha value is -3.73. The van der Waals surface area contributed by atoms with Gasteiger partial charge in [0.15, 0.2) is 0 Å². The molecule has 0 heterocycles. The van der Waals surface area contributed by atoms with Crippen LogP contribution < -0.4 is 10.6 Å². The van der Waals surface area contributed by atoms with Crippen LogP contribution in [0.25, 0.3) is 0 Å². The van der Waals surface area contributed by atoms with Crippen LogP contribution in [0.3, 0.4) is 0 Å². The number of nitrogens with zero attached hydrogens (tertiary/aromatic N) is 5. The first kappa shape index (κ1) is 49.2. The zero-order valence-corrected chi connectivity index (χ0v) is 28.8. The van der Waals surface area contributed by atoms with E-state index >= 15 is 0 Å². The van der Waals surface area contributed by atoms with Crippen LogP contribution in [0, 0.1) is 0 Å². The minimum atomic E-state index is 0.0237. The second-order valence-electron chi connectivity index (χ2n) is 9.10. The predicted octanol–water partition coefficient (Wildman–Crippen LogP) is 1.32. The van der Waals surface area contributed by atoms with Gasteiger partial charge in [-0.15, -0.1) is 0 Å². The summed E-state index contributed by atoms with van der Waals surface area (Å²) in [5.41, 5.74) is 0. The van der Waals surface area contributed by atoms with Crippen LogP contribution in [0.5, 0.6) is 0 Å². The maximum atomic E-state index is 11.2. The van der Waals surface area contributed by atoms with Gasteiger partial charge in [-0.2, -0.15) is 0 Å². The van der Waals surface area contributed by atoms with Gasteiger partial charge in [0, 0.05) is 44.3 Å². The summed E-state index contributed by atoms with van der Waals surface area (Å²) in [6.45, 7) is 21.6. The molecule has 263 valence electrons. The Morgan fingerprint density at radius 3 is 1.48 bits per heavy atom. The minimum absolute atomic E-state index is 0.0237. The molecule has 0 saturated carbocycles. The molecule has 2 unspecified atom stereocenters. The fourth-order valence-corrected chi connectivity index (χ4v) is 3.11. The quantitative estimate of drug-likeness (QED) is 0.0957. The van der Waals surface area contributed by atoms with Crippen LogP contribution >= 0.6 is 0 Å². The van der Waals surface area contributed by atoms with E-state index in [2.05, 4.69) is 30.4 Å². The van der Waals surface area contributed by atoms with Crippen molar-refractivity contribution < 1.29 is 60.0 Å². The normalized spacial score (nSPS) is 10.5. The van der Waals surface area contributed by atoms with Gasteiger partial charge in [0.2, 0.25) is 38.5 Å². The molecule has 0 aliphatic carbocycles. The number of carbonyl (C=O) groups is 6. The standard InChI is InChI=1S/C16H31N3O4.C10H16N2O3.C3H5NO.FN.V/c1-5-16(17-11-20)10-15(4)19(13-22)7-9-23-8-6-18(12-21)14(2)3;1-3-11(9-13)5-7-15-8-6-12(4-2)10-14;1-2-4-3-5;1-2;/h11-16H,5-10H2,1-4H3,(H,17,20);3-4,9-10H,1-2,5-8H2;2-3H,1H2,(H,4,5);;. The Labute approximate surface area is 281 Å². The molecule has 0 aromatic rings. The third-order valence-electron chi connectivity index (χ3n) is 5.82. The van der Waals surface area contributed by atoms with Crippen molar-refractivity contribution in [3.63, 3.8) is 0 Å². The summed E-state index contributed by atoms with van der Waals surface area (Å²) >= 11 is 1.42. The average Bonchev–Trinajstić information content (AvgIpc) is 3.05. The number of nitrogens with one attached hydrogen (secondary N) is 2. The van der Waals surface area contributed by atoms with Crippen molar-refractivity contribution in [1.29, 1.82) is 0 Å². The van der Waals surface area contributed by atoms with Gasteiger partial charge in [-0.1, -0.05) is 26.7 Å². The molecule has 0 spiro atoms. The molecule has 0 aliphatic heterocycles. The van der Waals surface area contributed by atoms with Crippen LogP contribution in [-0.4, -0.2) is 129 Å². The van der Waals surface area contributed by atoms with Crippen LogP contribution in [0.1, 0.15) is 40.5 Å². The van der Waals surface area contributed by atoms with E-state index in [1.54, 1.807) is 9.80 Å². The molecule has 17 heteroatoms. The molecule has 0 aromatic carbocycles. The molecule has 0 bridgehead atoms. The van der Waals surface area contributed by atoms with Gasteiger partial charge in [0.05, 0.1) is 26.4 Å². The molecule has 2 N–H and O–H groups in total. The summed E-state index contributed by atoms with van der Waals surface area (Å²) in [6, 6.07) is 0.243. The van der Waals surface area contributed by atoms with E-state index in [9.17, 15) is 33.2 Å². The number of ether oxygens (including phenoxy) is 2. The number of carbonyl (C=O) groups excluding carboxylic acids is 6. The molecule has 6 amide bonds. The monoisotopic (exact) mass is 696 g/mol. The number of rotatable bonds is 27. The summed E-state index contributed by atoms with van der Waals surface area (Å²) in [6.07, 6.45) is 9.95. The summed E-state index contributed by atoms with van der Waals surface area (Å²) in [4.78, 5) is 68.5. The molecular formula is C29H52FN7O8V. The summed E-state index contributed by atoms with van der Waals surface area (Å²) in [7, 11) is 0. The number of amides is 6. The SMILES string of the molecule is C=CN(C=O)CCOCCN(C=C)C=O.C=CNC=O.CCC(CC(C)N(C=O)CCOCCN(C=O)C(C)C)NC=O.F[N]=[V]. The van der Waals surface area contributed by atoms with Crippen molar-refractivity contribution in [2.24, 2.45) is 4.01 Å². The van der Waals surface area contributed by atoms with Crippen molar-refractivity contribution >= 4 is 38.5 Å². The van der Waals surface area contributed by atoms with Crippen LogP contribution in [-0.2, 0) is 55.5 Å². The first-order valence-corrected chi connectivity index (χ1v) is 14.9. The molecule has 0 aliphatic rings. The van der Waals surface area contributed by atoms with Crippen molar-refractivity contribution in [1.82, 2.24) is 30.2 Å². The van der Waals surface area contributed by atoms with Gasteiger partial charge >= 0.3 is 25.7 Å². The molecule has 2 atom stereocenters. The summed E-state index contributed by atoms with van der Waals surface area (Å²) < 4.78 is 22.5. The molecule has 46 heavy (non-hydrogen) atoms. The van der Waals surface area contributed by atoms with Crippen LogP contribution in [0.4, 0.5) is 4.48 Å². The molecule has 0 rings (SSSR count). The first-order valence-electron chi connectivity index (χ1n) is 14.3. The van der Waals surface area contributed by atoms with Crippen molar-refractivity contribution in [3.05, 3.63) is 38.3 Å². The van der Waals surface area contributed by atoms with E-state index in [1.165, 1.54) is 45.6 Å². The van der Waals surface area contributed by atoms with E-state index in [1.807, 2.05) is 31.7 Å². The first-order chi connectivity index (χ1) is 22.1. The molecule has 0 fully saturated rings. The summed E-state index contributed by atoms with van der Waals surface area (Å²) in [5.74, 6) is 0. The topological polar surface area (TPSA) is 170 Å². The van der Waals surface area contributed by atoms with Gasteiger partial charge in [0.1, 0.15) is 0 Å². The van der Waals surface area contributed by atoms with Gasteiger partial charge in [-0.3, -0.25) is 28.8 Å². The van der Waals surface area contributed by atoms with Gasteiger partial charge in [0.25, 0.3) is 0 Å². The zero-order valence-electron chi connectivity index (χ0n) is 27.4. The van der Waals surface area contributed by atoms with Gasteiger partial charge < -0.3 is 39.7 Å². The third kappa shape index (κ3) is 33.2. The number of hydrogen-bond donors (Lipinski definition) is 2. The second kappa shape index (κ2) is 39.3. The second-order valence-corrected chi connectivity index (χ2v) is 9.33. The summed E-state index contributed by atoms with van der Waals surface area (Å²) in [5, 5.41) is 4.95. The van der Waals surface area contributed by atoms with Crippen LogP contribution in [0.2, 0.25) is 0 Å². The van der Waals surface area contributed by atoms with Gasteiger partial charge in [-0.25, -0.2) is 0 Å². The number of halogens is 1. The molecular weight excluding hydrogens is 644 g/mol. The van der Waals surface area contributed by atoms with Gasteiger partial charge in [-0.05, 0) is 52.2 Å². The zero-order chi connectivity index (χ0) is 36.0. The van der Waals surface area contributed by atoms with E-state index in [0.717, 1.165) is 19.2 Å². The molecule has 15 nitrogen and oxygen atoms in total. The van der Waals surface area contributed by atoms with E-state index in [0.29, 0.717) is 84.7 Å². The number of hydrogen-bond acceptors (Lipinski definition) is 9. The predicted molar refractivity (Wildman–Crippen MR) is 169 cm³/mol. The molecule has 0 saturated heterocycles. The maximum absolute atomic E-state index is 11.2. The van der Waals surface area contributed by atoms with Crippen molar-refractivity contribution in [2.75, 3.05) is 52.6 Å². The van der Waals surface area contributed by atoms with Crippen molar-refractivity contribution in [3.8, 4) is 0 Å². The molecule has 0 radical (unpaired) electrons.